The number of carbonyl (C=O) groups excluding carboxylic acids is 2. The highest BCUT2D eigenvalue weighted by molar-refractivity contribution is 8.00. The molecule has 1 aromatic heterocycles. The summed E-state index contributed by atoms with van der Waals surface area (Å²) in [5, 5.41) is 5.72. The molecule has 1 saturated carbocycles. The highest BCUT2D eigenvalue weighted by Gasteiger charge is 2.21. The van der Waals surface area contributed by atoms with E-state index in [0.717, 1.165) is 52.9 Å². The molecule has 5 rings (SSSR count). The molecule has 0 bridgehead atoms. The number of amides is 2. The van der Waals surface area contributed by atoms with Crippen LogP contribution in [0.3, 0.4) is 0 Å². The molecule has 4 aromatic rings. The molecule has 184 valence electrons. The van der Waals surface area contributed by atoms with Crippen molar-refractivity contribution in [3.8, 4) is 11.5 Å². The van der Waals surface area contributed by atoms with Crippen LogP contribution in [-0.2, 0) is 9.59 Å². The molecular weight excluding hydrogens is 470 g/mol. The summed E-state index contributed by atoms with van der Waals surface area (Å²) in [6.07, 6.45) is 5.46. The third-order valence-corrected chi connectivity index (χ3v) is 7.59. The summed E-state index contributed by atoms with van der Waals surface area (Å²) in [4.78, 5) is 30.7. The number of anilines is 2. The zero-order chi connectivity index (χ0) is 24.9. The predicted molar refractivity (Wildman–Crippen MR) is 145 cm³/mol. The fraction of sp³-hybridized carbons (Fsp3) is 0.276. The number of benzene rings is 3. The van der Waals surface area contributed by atoms with Gasteiger partial charge in [0, 0.05) is 27.8 Å². The SMILES string of the molecule is CC(Sc1ccc(NC(=O)C2CCCCC2)cc1)C(=O)Nc1ccc(-c2nc3ccccc3o2)cc1. The number of aromatic nitrogens is 1. The van der Waals surface area contributed by atoms with Gasteiger partial charge in [0.15, 0.2) is 5.58 Å². The number of nitrogens with one attached hydrogen (secondary N) is 2. The number of rotatable bonds is 7. The van der Waals surface area contributed by atoms with E-state index in [9.17, 15) is 9.59 Å². The molecule has 1 heterocycles. The molecule has 36 heavy (non-hydrogen) atoms. The maximum atomic E-state index is 12.8. The lowest BCUT2D eigenvalue weighted by Crippen LogP contribution is -2.24. The van der Waals surface area contributed by atoms with E-state index >= 15 is 0 Å². The van der Waals surface area contributed by atoms with Gasteiger partial charge in [-0.1, -0.05) is 31.4 Å². The normalized spacial score (nSPS) is 14.9. The van der Waals surface area contributed by atoms with E-state index in [0.29, 0.717) is 11.6 Å². The van der Waals surface area contributed by atoms with Gasteiger partial charge < -0.3 is 15.1 Å². The van der Waals surface area contributed by atoms with E-state index in [4.69, 9.17) is 4.42 Å². The van der Waals surface area contributed by atoms with E-state index in [-0.39, 0.29) is 23.0 Å². The second-order valence-corrected chi connectivity index (χ2v) is 10.6. The average Bonchev–Trinajstić information content (AvgIpc) is 3.35. The monoisotopic (exact) mass is 499 g/mol. The second-order valence-electron chi connectivity index (χ2n) is 9.16. The summed E-state index contributed by atoms with van der Waals surface area (Å²) in [5.74, 6) is 0.714. The number of hydrogen-bond donors (Lipinski definition) is 2. The molecule has 7 heteroatoms. The molecule has 6 nitrogen and oxygen atoms in total. The third kappa shape index (κ3) is 5.79. The Kier molecular flexibility index (Phi) is 7.37. The van der Waals surface area contributed by atoms with Crippen LogP contribution >= 0.6 is 11.8 Å². The van der Waals surface area contributed by atoms with Crippen LogP contribution < -0.4 is 10.6 Å². The van der Waals surface area contributed by atoms with E-state index in [1.54, 1.807) is 0 Å². The maximum Gasteiger partial charge on any atom is 0.237 e. The van der Waals surface area contributed by atoms with Crippen molar-refractivity contribution in [3.63, 3.8) is 0 Å². The zero-order valence-electron chi connectivity index (χ0n) is 20.2. The van der Waals surface area contributed by atoms with Crippen LogP contribution in [0.5, 0.6) is 0 Å². The van der Waals surface area contributed by atoms with E-state index in [2.05, 4.69) is 15.6 Å². The lowest BCUT2D eigenvalue weighted by molar-refractivity contribution is -0.120. The van der Waals surface area contributed by atoms with Gasteiger partial charge in [-0.05, 0) is 80.4 Å². The molecule has 1 unspecified atom stereocenters. The van der Waals surface area contributed by atoms with Gasteiger partial charge in [0.1, 0.15) is 5.52 Å². The summed E-state index contributed by atoms with van der Waals surface area (Å²) in [7, 11) is 0. The Morgan fingerprint density at radius 3 is 2.28 bits per heavy atom. The molecule has 2 N–H and O–H groups in total. The Hall–Kier alpha value is -3.58. The second kappa shape index (κ2) is 11.0. The van der Waals surface area contributed by atoms with Crippen LogP contribution in [-0.4, -0.2) is 22.0 Å². The molecule has 0 aliphatic heterocycles. The minimum Gasteiger partial charge on any atom is -0.436 e. The van der Waals surface area contributed by atoms with Crippen LogP contribution in [0.2, 0.25) is 0 Å². The highest BCUT2D eigenvalue weighted by atomic mass is 32.2. The molecule has 0 spiro atoms. The van der Waals surface area contributed by atoms with Crippen molar-refractivity contribution in [1.82, 2.24) is 4.98 Å². The first-order valence-corrected chi connectivity index (χ1v) is 13.3. The Morgan fingerprint density at radius 1 is 0.889 bits per heavy atom. The fourth-order valence-corrected chi connectivity index (χ4v) is 5.29. The van der Waals surface area contributed by atoms with Crippen LogP contribution in [0, 0.1) is 5.92 Å². The lowest BCUT2D eigenvalue weighted by atomic mass is 9.88. The molecule has 1 atom stereocenters. The van der Waals surface area contributed by atoms with E-state index in [1.165, 1.54) is 18.2 Å². The first-order valence-electron chi connectivity index (χ1n) is 12.4. The molecule has 0 saturated heterocycles. The molecule has 1 aliphatic rings. The Balaban J connectivity index is 1.14. The largest absolute Gasteiger partial charge is 0.436 e. The van der Waals surface area contributed by atoms with Crippen molar-refractivity contribution in [1.29, 1.82) is 0 Å². The number of fused-ring (bicyclic) bond motifs is 1. The van der Waals surface area contributed by atoms with Gasteiger partial charge in [-0.15, -0.1) is 11.8 Å². The number of hydrogen-bond acceptors (Lipinski definition) is 5. The first kappa shape index (κ1) is 24.1. The van der Waals surface area contributed by atoms with Gasteiger partial charge in [0.05, 0.1) is 5.25 Å². The number of carbonyl (C=O) groups is 2. The van der Waals surface area contributed by atoms with Crippen LogP contribution in [0.1, 0.15) is 39.0 Å². The maximum absolute atomic E-state index is 12.8. The average molecular weight is 500 g/mol. The summed E-state index contributed by atoms with van der Waals surface area (Å²) >= 11 is 1.48. The summed E-state index contributed by atoms with van der Waals surface area (Å²) in [6, 6.07) is 22.8. The fourth-order valence-electron chi connectivity index (χ4n) is 4.42. The van der Waals surface area contributed by atoms with Crippen molar-refractivity contribution >= 4 is 46.1 Å². The molecule has 2 amide bonds. The van der Waals surface area contributed by atoms with Crippen molar-refractivity contribution in [2.24, 2.45) is 5.92 Å². The van der Waals surface area contributed by atoms with Crippen molar-refractivity contribution in [2.75, 3.05) is 10.6 Å². The predicted octanol–water partition coefficient (Wildman–Crippen LogP) is 7.13. The van der Waals surface area contributed by atoms with Crippen LogP contribution in [0.15, 0.2) is 82.1 Å². The number of oxazole rings is 1. The minimum atomic E-state index is -0.288. The van der Waals surface area contributed by atoms with Crippen LogP contribution in [0.25, 0.3) is 22.6 Å². The number of para-hydroxylation sites is 2. The van der Waals surface area contributed by atoms with Crippen LogP contribution in [0.4, 0.5) is 11.4 Å². The van der Waals surface area contributed by atoms with Gasteiger partial charge in [0.2, 0.25) is 17.7 Å². The van der Waals surface area contributed by atoms with Gasteiger partial charge in [-0.3, -0.25) is 9.59 Å². The van der Waals surface area contributed by atoms with Gasteiger partial charge in [-0.25, -0.2) is 4.98 Å². The number of nitrogens with zero attached hydrogens (tertiary/aromatic N) is 1. The van der Waals surface area contributed by atoms with E-state index < -0.39 is 0 Å². The van der Waals surface area contributed by atoms with Gasteiger partial charge >= 0.3 is 0 Å². The zero-order valence-corrected chi connectivity index (χ0v) is 21.0. The highest BCUT2D eigenvalue weighted by Crippen LogP contribution is 2.29. The minimum absolute atomic E-state index is 0.0794. The van der Waals surface area contributed by atoms with E-state index in [1.807, 2.05) is 79.7 Å². The molecular formula is C29H29N3O3S. The van der Waals surface area contributed by atoms with Crippen molar-refractivity contribution < 1.29 is 14.0 Å². The quantitative estimate of drug-likeness (QED) is 0.264. The smallest absolute Gasteiger partial charge is 0.237 e. The summed E-state index contributed by atoms with van der Waals surface area (Å²) in [6.45, 7) is 1.88. The van der Waals surface area contributed by atoms with Gasteiger partial charge in [-0.2, -0.15) is 0 Å². The first-order chi connectivity index (χ1) is 17.5. The Morgan fingerprint density at radius 2 is 1.56 bits per heavy atom. The molecule has 1 aliphatic carbocycles. The van der Waals surface area contributed by atoms with Crippen molar-refractivity contribution in [3.05, 3.63) is 72.8 Å². The van der Waals surface area contributed by atoms with Crippen molar-refractivity contribution in [2.45, 2.75) is 49.2 Å². The Bertz CT molecular complexity index is 1310. The molecule has 0 radical (unpaired) electrons. The number of thioether (sulfide) groups is 1. The standard InChI is InChI=1S/C29H29N3O3S/c1-19(36-24-17-15-23(16-18-24)31-28(34)20-7-3-2-4-8-20)27(33)30-22-13-11-21(12-14-22)29-32-25-9-5-6-10-26(25)35-29/h5-6,9-20H,2-4,7-8H2,1H3,(H,30,33)(H,31,34). The molecule has 3 aromatic carbocycles. The lowest BCUT2D eigenvalue weighted by Gasteiger charge is -2.20. The van der Waals surface area contributed by atoms with Gasteiger partial charge in [0.25, 0.3) is 0 Å². The topological polar surface area (TPSA) is 84.2 Å². The summed E-state index contributed by atoms with van der Waals surface area (Å²) in [5.41, 5.74) is 3.92. The molecule has 1 fully saturated rings. The summed E-state index contributed by atoms with van der Waals surface area (Å²) < 4.78 is 5.81. The third-order valence-electron chi connectivity index (χ3n) is 6.47. The Labute approximate surface area is 214 Å².